The third-order valence-electron chi connectivity index (χ3n) is 2.30. The van der Waals surface area contributed by atoms with Crippen LogP contribution in [-0.2, 0) is 9.53 Å². The molecule has 0 fully saturated rings. The number of hydrogen-bond acceptors (Lipinski definition) is 5. The Bertz CT molecular complexity index is 473. The monoisotopic (exact) mass is 365 g/mol. The van der Waals surface area contributed by atoms with Gasteiger partial charge >= 0.3 is 5.97 Å². The van der Waals surface area contributed by atoms with E-state index in [-0.39, 0.29) is 11.5 Å². The van der Waals surface area contributed by atoms with E-state index in [0.717, 1.165) is 0 Å². The van der Waals surface area contributed by atoms with E-state index >= 15 is 0 Å². The molecule has 0 bridgehead atoms. The number of rotatable bonds is 5. The van der Waals surface area contributed by atoms with Crippen LogP contribution in [0.2, 0.25) is 0 Å². The van der Waals surface area contributed by atoms with Gasteiger partial charge in [0, 0.05) is 0 Å². The van der Waals surface area contributed by atoms with E-state index in [2.05, 4.69) is 15.3 Å². The number of aromatic nitrogens is 2. The van der Waals surface area contributed by atoms with Crippen LogP contribution in [0.5, 0.6) is 0 Å². The number of aromatic amines is 1. The summed E-state index contributed by atoms with van der Waals surface area (Å²) >= 11 is 1.89. The molecule has 6 nitrogen and oxygen atoms in total. The van der Waals surface area contributed by atoms with Crippen molar-refractivity contribution in [2.45, 2.75) is 26.3 Å². The van der Waals surface area contributed by atoms with Crippen molar-refractivity contribution >= 4 is 34.4 Å². The SMILES string of the molecule is COC(=O)C(CC(C)C)Nc1nc[nH]c(=O)c1I. The van der Waals surface area contributed by atoms with Crippen molar-refractivity contribution in [1.82, 2.24) is 9.97 Å². The largest absolute Gasteiger partial charge is 0.467 e. The zero-order valence-electron chi connectivity index (χ0n) is 10.5. The molecule has 1 rings (SSSR count). The molecule has 1 atom stereocenters. The Morgan fingerprint density at radius 1 is 1.61 bits per heavy atom. The third kappa shape index (κ3) is 3.97. The van der Waals surface area contributed by atoms with Crippen LogP contribution in [0.25, 0.3) is 0 Å². The molecule has 1 unspecified atom stereocenters. The number of methoxy groups -OCH3 is 1. The van der Waals surface area contributed by atoms with E-state index in [1.165, 1.54) is 13.4 Å². The van der Waals surface area contributed by atoms with Gasteiger partial charge in [-0.15, -0.1) is 0 Å². The minimum atomic E-state index is -0.502. The molecule has 0 amide bonds. The fourth-order valence-corrected chi connectivity index (χ4v) is 1.93. The number of hydrogen-bond donors (Lipinski definition) is 2. The summed E-state index contributed by atoms with van der Waals surface area (Å²) in [4.78, 5) is 29.6. The predicted octanol–water partition coefficient (Wildman–Crippen LogP) is 1.37. The molecule has 0 aliphatic heterocycles. The quantitative estimate of drug-likeness (QED) is 0.608. The molecule has 100 valence electrons. The van der Waals surface area contributed by atoms with E-state index in [4.69, 9.17) is 4.74 Å². The highest BCUT2D eigenvalue weighted by molar-refractivity contribution is 14.1. The van der Waals surface area contributed by atoms with Crippen molar-refractivity contribution in [1.29, 1.82) is 0 Å². The molecule has 0 aliphatic carbocycles. The van der Waals surface area contributed by atoms with Crippen molar-refractivity contribution in [2.24, 2.45) is 5.92 Å². The minimum Gasteiger partial charge on any atom is -0.467 e. The molecule has 0 spiro atoms. The van der Waals surface area contributed by atoms with E-state index in [1.807, 2.05) is 36.4 Å². The highest BCUT2D eigenvalue weighted by atomic mass is 127. The number of anilines is 1. The first kappa shape index (κ1) is 14.9. The number of H-pyrrole nitrogens is 1. The molecule has 7 heteroatoms. The van der Waals surface area contributed by atoms with Crippen LogP contribution >= 0.6 is 22.6 Å². The van der Waals surface area contributed by atoms with Crippen LogP contribution < -0.4 is 10.9 Å². The maximum Gasteiger partial charge on any atom is 0.328 e. The fourth-order valence-electron chi connectivity index (χ4n) is 1.48. The van der Waals surface area contributed by atoms with Crippen LogP contribution in [0.4, 0.5) is 5.82 Å². The molecule has 0 aliphatic rings. The zero-order chi connectivity index (χ0) is 13.7. The molecular formula is C11H16IN3O3. The van der Waals surface area contributed by atoms with Crippen molar-refractivity contribution in [2.75, 3.05) is 12.4 Å². The number of nitrogens with zero attached hydrogens (tertiary/aromatic N) is 1. The molecule has 1 aromatic rings. The van der Waals surface area contributed by atoms with Gasteiger partial charge in [0.25, 0.3) is 5.56 Å². The summed E-state index contributed by atoms with van der Waals surface area (Å²) in [5.41, 5.74) is -0.235. The average molecular weight is 365 g/mol. The van der Waals surface area contributed by atoms with Gasteiger partial charge in [-0.3, -0.25) is 4.79 Å². The molecule has 18 heavy (non-hydrogen) atoms. The number of carbonyl (C=O) groups is 1. The fraction of sp³-hybridized carbons (Fsp3) is 0.545. The molecule has 2 N–H and O–H groups in total. The Balaban J connectivity index is 2.92. The van der Waals surface area contributed by atoms with Crippen molar-refractivity contribution < 1.29 is 9.53 Å². The van der Waals surface area contributed by atoms with Crippen molar-refractivity contribution in [3.05, 3.63) is 20.3 Å². The number of carbonyl (C=O) groups excluding carboxylic acids is 1. The normalized spacial score (nSPS) is 12.3. The number of ether oxygens (including phenoxy) is 1. The highest BCUT2D eigenvalue weighted by Gasteiger charge is 2.22. The summed E-state index contributed by atoms with van der Waals surface area (Å²) in [6.07, 6.45) is 1.91. The Labute approximate surface area is 119 Å². The molecule has 0 radical (unpaired) electrons. The Morgan fingerprint density at radius 2 is 2.28 bits per heavy atom. The summed E-state index contributed by atoms with van der Waals surface area (Å²) in [6.45, 7) is 4.02. The average Bonchev–Trinajstić information content (AvgIpc) is 2.32. The van der Waals surface area contributed by atoms with Crippen LogP contribution in [0.3, 0.4) is 0 Å². The lowest BCUT2D eigenvalue weighted by molar-refractivity contribution is -0.141. The van der Waals surface area contributed by atoms with Crippen molar-refractivity contribution in [3.8, 4) is 0 Å². The second kappa shape index (κ2) is 6.72. The van der Waals surface area contributed by atoms with Gasteiger partial charge in [0.05, 0.1) is 13.4 Å². The first-order valence-electron chi connectivity index (χ1n) is 5.53. The number of nitrogens with one attached hydrogen (secondary N) is 2. The van der Waals surface area contributed by atoms with Crippen LogP contribution in [0.15, 0.2) is 11.1 Å². The topological polar surface area (TPSA) is 84.1 Å². The maximum absolute atomic E-state index is 11.6. The van der Waals surface area contributed by atoms with Crippen molar-refractivity contribution in [3.63, 3.8) is 0 Å². The van der Waals surface area contributed by atoms with Crippen LogP contribution in [-0.4, -0.2) is 29.1 Å². The lowest BCUT2D eigenvalue weighted by Crippen LogP contribution is -2.33. The van der Waals surface area contributed by atoms with Gasteiger partial charge in [-0.25, -0.2) is 9.78 Å². The summed E-state index contributed by atoms with van der Waals surface area (Å²) in [5.74, 6) is 0.359. The molecule has 1 aromatic heterocycles. The number of halogens is 1. The second-order valence-electron chi connectivity index (χ2n) is 4.24. The molecule has 1 heterocycles. The Morgan fingerprint density at radius 3 is 2.83 bits per heavy atom. The van der Waals surface area contributed by atoms with E-state index in [0.29, 0.717) is 21.7 Å². The van der Waals surface area contributed by atoms with Gasteiger partial charge in [-0.2, -0.15) is 0 Å². The maximum atomic E-state index is 11.6. The van der Waals surface area contributed by atoms with Gasteiger partial charge in [-0.1, -0.05) is 13.8 Å². The number of esters is 1. The Hall–Kier alpha value is -1.12. The molecular weight excluding hydrogens is 349 g/mol. The van der Waals surface area contributed by atoms with Crippen LogP contribution in [0.1, 0.15) is 20.3 Å². The second-order valence-corrected chi connectivity index (χ2v) is 5.32. The van der Waals surface area contributed by atoms with Crippen LogP contribution in [0, 0.1) is 9.49 Å². The highest BCUT2D eigenvalue weighted by Crippen LogP contribution is 2.15. The lowest BCUT2D eigenvalue weighted by Gasteiger charge is -2.19. The van der Waals surface area contributed by atoms with Gasteiger partial charge in [0.1, 0.15) is 15.4 Å². The van der Waals surface area contributed by atoms with E-state index < -0.39 is 6.04 Å². The van der Waals surface area contributed by atoms with E-state index in [1.54, 1.807) is 0 Å². The summed E-state index contributed by atoms with van der Waals surface area (Å²) in [6, 6.07) is -0.502. The standard InChI is InChI=1S/C11H16IN3O3/c1-6(2)4-7(11(17)18-3)15-9-8(12)10(16)14-5-13-9/h5-7H,4H2,1-3H3,(H2,13,14,15,16). The summed E-state index contributed by atoms with van der Waals surface area (Å²) < 4.78 is 5.16. The van der Waals surface area contributed by atoms with Gasteiger partial charge in [0.2, 0.25) is 0 Å². The van der Waals surface area contributed by atoms with Gasteiger partial charge < -0.3 is 15.0 Å². The smallest absolute Gasteiger partial charge is 0.328 e. The Kier molecular flexibility index (Phi) is 5.57. The predicted molar refractivity (Wildman–Crippen MR) is 76.5 cm³/mol. The zero-order valence-corrected chi connectivity index (χ0v) is 12.6. The first-order valence-corrected chi connectivity index (χ1v) is 6.61. The molecule has 0 aromatic carbocycles. The molecule has 0 saturated heterocycles. The van der Waals surface area contributed by atoms with Gasteiger partial charge in [-0.05, 0) is 34.9 Å². The minimum absolute atomic E-state index is 0.235. The molecule has 0 saturated carbocycles. The lowest BCUT2D eigenvalue weighted by atomic mass is 10.0. The van der Waals surface area contributed by atoms with Gasteiger partial charge in [0.15, 0.2) is 0 Å². The summed E-state index contributed by atoms with van der Waals surface area (Å²) in [7, 11) is 1.34. The third-order valence-corrected chi connectivity index (χ3v) is 3.30. The summed E-state index contributed by atoms with van der Waals surface area (Å²) in [5, 5.41) is 2.96. The first-order chi connectivity index (χ1) is 8.45. The van der Waals surface area contributed by atoms with E-state index in [9.17, 15) is 9.59 Å².